The van der Waals surface area contributed by atoms with Crippen LogP contribution in [0.15, 0.2) is 97.2 Å². The summed E-state index contributed by atoms with van der Waals surface area (Å²) in [5.74, 6) is 0.954. The van der Waals surface area contributed by atoms with Crippen molar-refractivity contribution in [1.29, 1.82) is 0 Å². The first-order valence-electron chi connectivity index (χ1n) is 9.16. The second kappa shape index (κ2) is 5.42. The van der Waals surface area contributed by atoms with Crippen molar-refractivity contribution in [2.75, 3.05) is 0 Å². The van der Waals surface area contributed by atoms with Crippen molar-refractivity contribution < 1.29 is 0 Å². The highest BCUT2D eigenvalue weighted by atomic mass is 15.1. The Bertz CT molecular complexity index is 1470. The lowest BCUT2D eigenvalue weighted by molar-refractivity contribution is 1.09. The maximum absolute atomic E-state index is 4.79. The molecule has 0 aliphatic carbocycles. The molecule has 4 aromatic carbocycles. The number of aromatic nitrogens is 2. The van der Waals surface area contributed by atoms with Gasteiger partial charge in [0.05, 0.1) is 11.0 Å². The van der Waals surface area contributed by atoms with Gasteiger partial charge in [0.2, 0.25) is 0 Å². The molecular weight excluding hydrogens is 328 g/mol. The van der Waals surface area contributed by atoms with Crippen LogP contribution in [-0.4, -0.2) is 9.55 Å². The zero-order valence-corrected chi connectivity index (χ0v) is 14.6. The van der Waals surface area contributed by atoms with Gasteiger partial charge in [-0.15, -0.1) is 0 Å². The summed E-state index contributed by atoms with van der Waals surface area (Å²) in [7, 11) is 0. The molecule has 0 amide bonds. The average molecular weight is 344 g/mol. The number of hydrogen-bond acceptors (Lipinski definition) is 1. The van der Waals surface area contributed by atoms with Crippen LogP contribution >= 0.6 is 0 Å². The highest BCUT2D eigenvalue weighted by Gasteiger charge is 2.13. The zero-order chi connectivity index (χ0) is 17.8. The molecule has 2 heteroatoms. The van der Waals surface area contributed by atoms with Crippen LogP contribution in [0.1, 0.15) is 0 Å². The van der Waals surface area contributed by atoms with Gasteiger partial charge in [0.15, 0.2) is 0 Å². The van der Waals surface area contributed by atoms with Crippen LogP contribution in [0.5, 0.6) is 0 Å². The maximum atomic E-state index is 4.79. The molecule has 2 nitrogen and oxygen atoms in total. The Balaban J connectivity index is 1.79. The predicted molar refractivity (Wildman–Crippen MR) is 114 cm³/mol. The molecule has 6 rings (SSSR count). The summed E-state index contributed by atoms with van der Waals surface area (Å²) in [6, 6.07) is 32.2. The predicted octanol–water partition coefficient (Wildman–Crippen LogP) is 6.49. The minimum Gasteiger partial charge on any atom is -0.294 e. The molecule has 0 bridgehead atoms. The average Bonchev–Trinajstić information content (AvgIpc) is 3.05. The molecule has 0 saturated heterocycles. The van der Waals surface area contributed by atoms with Crippen LogP contribution in [0, 0.1) is 0 Å². The molecular formula is C25H16N2. The van der Waals surface area contributed by atoms with Crippen molar-refractivity contribution in [2.24, 2.45) is 0 Å². The monoisotopic (exact) mass is 344 g/mol. The number of pyridine rings is 1. The first-order valence-corrected chi connectivity index (χ1v) is 9.16. The van der Waals surface area contributed by atoms with E-state index in [0.29, 0.717) is 0 Å². The lowest BCUT2D eigenvalue weighted by Gasteiger charge is -2.08. The van der Waals surface area contributed by atoms with Crippen LogP contribution in [0.3, 0.4) is 0 Å². The Hall–Kier alpha value is -3.65. The van der Waals surface area contributed by atoms with Crippen molar-refractivity contribution in [3.63, 3.8) is 0 Å². The molecule has 126 valence electrons. The van der Waals surface area contributed by atoms with E-state index in [1.54, 1.807) is 0 Å². The molecule has 0 saturated carbocycles. The second-order valence-electron chi connectivity index (χ2n) is 6.96. The van der Waals surface area contributed by atoms with Crippen molar-refractivity contribution in [3.8, 4) is 5.82 Å². The Labute approximate surface area is 156 Å². The zero-order valence-electron chi connectivity index (χ0n) is 14.6. The molecule has 0 unspecified atom stereocenters. The lowest BCUT2D eigenvalue weighted by Crippen LogP contribution is -1.97. The molecule has 0 spiro atoms. The van der Waals surface area contributed by atoms with E-state index in [9.17, 15) is 0 Å². The number of fused-ring (bicyclic) bond motifs is 5. The molecule has 0 N–H and O–H groups in total. The van der Waals surface area contributed by atoms with Crippen molar-refractivity contribution >= 4 is 43.4 Å². The summed E-state index contributed by atoms with van der Waals surface area (Å²) in [5.41, 5.74) is 2.38. The fraction of sp³-hybridized carbons (Fsp3) is 0. The summed E-state index contributed by atoms with van der Waals surface area (Å²) >= 11 is 0. The fourth-order valence-electron chi connectivity index (χ4n) is 4.10. The quantitative estimate of drug-likeness (QED) is 0.333. The molecule has 0 atom stereocenters. The molecule has 0 fully saturated rings. The molecule has 0 aliphatic heterocycles. The van der Waals surface area contributed by atoms with E-state index >= 15 is 0 Å². The van der Waals surface area contributed by atoms with Gasteiger partial charge >= 0.3 is 0 Å². The van der Waals surface area contributed by atoms with Gasteiger partial charge in [-0.3, -0.25) is 4.57 Å². The van der Waals surface area contributed by atoms with E-state index in [1.165, 1.54) is 38.0 Å². The van der Waals surface area contributed by atoms with Crippen LogP contribution < -0.4 is 0 Å². The van der Waals surface area contributed by atoms with Gasteiger partial charge in [-0.2, -0.15) is 0 Å². The normalized spacial score (nSPS) is 11.7. The van der Waals surface area contributed by atoms with Gasteiger partial charge in [0, 0.05) is 22.4 Å². The summed E-state index contributed by atoms with van der Waals surface area (Å²) < 4.78 is 2.28. The third kappa shape index (κ3) is 2.10. The third-order valence-corrected chi connectivity index (χ3v) is 5.39. The Kier molecular flexibility index (Phi) is 2.91. The van der Waals surface area contributed by atoms with E-state index in [1.807, 2.05) is 6.20 Å². The van der Waals surface area contributed by atoms with E-state index in [-0.39, 0.29) is 0 Å². The topological polar surface area (TPSA) is 17.8 Å². The molecule has 0 aliphatic rings. The van der Waals surface area contributed by atoms with Crippen LogP contribution in [0.25, 0.3) is 49.2 Å². The highest BCUT2D eigenvalue weighted by molar-refractivity contribution is 6.13. The first kappa shape index (κ1) is 14.5. The molecule has 2 heterocycles. The number of para-hydroxylation sites is 1. The van der Waals surface area contributed by atoms with Crippen LogP contribution in [0.2, 0.25) is 0 Å². The lowest BCUT2D eigenvalue weighted by atomic mass is 10.1. The minimum absolute atomic E-state index is 0.954. The maximum Gasteiger partial charge on any atom is 0.138 e. The number of rotatable bonds is 1. The molecule has 27 heavy (non-hydrogen) atoms. The number of nitrogens with zero attached hydrogens (tertiary/aromatic N) is 2. The third-order valence-electron chi connectivity index (χ3n) is 5.39. The Morgan fingerprint density at radius 1 is 0.519 bits per heavy atom. The van der Waals surface area contributed by atoms with Gasteiger partial charge in [-0.05, 0) is 40.4 Å². The Morgan fingerprint density at radius 2 is 1.15 bits per heavy atom. The van der Waals surface area contributed by atoms with Gasteiger partial charge in [-0.25, -0.2) is 4.98 Å². The van der Waals surface area contributed by atoms with Gasteiger partial charge in [-0.1, -0.05) is 66.7 Å². The van der Waals surface area contributed by atoms with Crippen LogP contribution in [0.4, 0.5) is 0 Å². The standard InChI is InChI=1S/C25H16N2/c1-2-8-18-14-24-22(13-17(18)7-1)21-11-5-6-12-23(21)27(24)25-15-19-9-3-4-10-20(19)16-26-25/h1-16H. The summed E-state index contributed by atoms with van der Waals surface area (Å²) in [4.78, 5) is 4.79. The summed E-state index contributed by atoms with van der Waals surface area (Å²) in [6.45, 7) is 0. The largest absolute Gasteiger partial charge is 0.294 e. The SMILES string of the molecule is c1ccc2cc(-n3c4ccccc4c4cc5ccccc5cc43)ncc2c1. The molecule has 0 radical (unpaired) electrons. The number of benzene rings is 4. The van der Waals surface area contributed by atoms with E-state index in [2.05, 4.69) is 95.6 Å². The van der Waals surface area contributed by atoms with E-state index in [0.717, 1.165) is 11.2 Å². The van der Waals surface area contributed by atoms with Gasteiger partial charge in [0.25, 0.3) is 0 Å². The summed E-state index contributed by atoms with van der Waals surface area (Å²) in [6.07, 6.45) is 1.96. The van der Waals surface area contributed by atoms with E-state index in [4.69, 9.17) is 4.98 Å². The molecule has 2 aromatic heterocycles. The summed E-state index contributed by atoms with van der Waals surface area (Å²) in [5, 5.41) is 7.39. The second-order valence-corrected chi connectivity index (χ2v) is 6.96. The smallest absolute Gasteiger partial charge is 0.138 e. The minimum atomic E-state index is 0.954. The van der Waals surface area contributed by atoms with Gasteiger partial charge < -0.3 is 0 Å². The van der Waals surface area contributed by atoms with Crippen molar-refractivity contribution in [3.05, 3.63) is 97.2 Å². The highest BCUT2D eigenvalue weighted by Crippen LogP contribution is 2.34. The van der Waals surface area contributed by atoms with Crippen molar-refractivity contribution in [1.82, 2.24) is 9.55 Å². The van der Waals surface area contributed by atoms with Crippen molar-refractivity contribution in [2.45, 2.75) is 0 Å². The fourth-order valence-corrected chi connectivity index (χ4v) is 4.10. The van der Waals surface area contributed by atoms with Gasteiger partial charge in [0.1, 0.15) is 5.82 Å². The molecule has 6 aromatic rings. The Morgan fingerprint density at radius 3 is 1.96 bits per heavy atom. The van der Waals surface area contributed by atoms with E-state index < -0.39 is 0 Å². The van der Waals surface area contributed by atoms with Crippen LogP contribution in [-0.2, 0) is 0 Å². The first-order chi connectivity index (χ1) is 13.4. The number of hydrogen-bond donors (Lipinski definition) is 0.